The van der Waals surface area contributed by atoms with Crippen molar-refractivity contribution in [3.05, 3.63) is 62.5 Å². The number of nitrogens with one attached hydrogen (secondary N) is 1. The summed E-state index contributed by atoms with van der Waals surface area (Å²) in [5.41, 5.74) is 4.13. The minimum Gasteiger partial charge on any atom is -0.486 e. The van der Waals surface area contributed by atoms with Gasteiger partial charge in [-0.05, 0) is 84.3 Å². The predicted molar refractivity (Wildman–Crippen MR) is 125 cm³/mol. The molecule has 6 nitrogen and oxygen atoms in total. The summed E-state index contributed by atoms with van der Waals surface area (Å²) in [4.78, 5) is 12.4. The second-order valence-corrected chi connectivity index (χ2v) is 9.00. The number of nitrogens with zero attached hydrogens (tertiary/aromatic N) is 3. The Morgan fingerprint density at radius 3 is 2.59 bits per heavy atom. The maximum atomic E-state index is 12.4. The Hall–Kier alpha value is -2.07. The molecule has 0 aliphatic carbocycles. The molecule has 0 saturated carbocycles. The number of halogens is 1. The lowest BCUT2D eigenvalue weighted by molar-refractivity contribution is -0.113. The van der Waals surface area contributed by atoms with Crippen LogP contribution in [0.2, 0.25) is 0 Å². The van der Waals surface area contributed by atoms with Crippen molar-refractivity contribution in [3.8, 4) is 5.75 Å². The molecule has 1 heterocycles. The number of rotatable bonds is 7. The number of carbonyl (C=O) groups is 1. The number of amides is 1. The van der Waals surface area contributed by atoms with Crippen LogP contribution in [0, 0.1) is 24.3 Å². The van der Waals surface area contributed by atoms with Gasteiger partial charge in [-0.25, -0.2) is 0 Å². The van der Waals surface area contributed by atoms with Crippen LogP contribution in [0.1, 0.15) is 22.5 Å². The topological polar surface area (TPSA) is 69.0 Å². The Bertz CT molecular complexity index is 1010. The normalized spacial score (nSPS) is 10.8. The van der Waals surface area contributed by atoms with Crippen LogP contribution in [0.15, 0.2) is 41.6 Å². The second-order valence-electron chi connectivity index (χ2n) is 6.81. The molecule has 2 aromatic carbocycles. The molecular weight excluding hydrogens is 499 g/mol. The monoisotopic (exact) mass is 522 g/mol. The maximum absolute atomic E-state index is 12.4. The third-order valence-electron chi connectivity index (χ3n) is 4.38. The first-order valence-corrected chi connectivity index (χ1v) is 11.2. The molecule has 29 heavy (non-hydrogen) atoms. The number of aromatic nitrogens is 3. The molecule has 0 aliphatic rings. The first-order chi connectivity index (χ1) is 13.8. The Morgan fingerprint density at radius 1 is 1.17 bits per heavy atom. The van der Waals surface area contributed by atoms with Crippen molar-refractivity contribution in [2.45, 2.75) is 32.5 Å². The molecule has 152 valence electrons. The molecule has 8 heteroatoms. The van der Waals surface area contributed by atoms with Gasteiger partial charge in [-0.3, -0.25) is 4.79 Å². The fourth-order valence-corrected chi connectivity index (χ4v) is 4.53. The first-order valence-electron chi connectivity index (χ1n) is 9.10. The van der Waals surface area contributed by atoms with Crippen LogP contribution in [0.3, 0.4) is 0 Å². The summed E-state index contributed by atoms with van der Waals surface area (Å²) in [6, 6.07) is 12.0. The maximum Gasteiger partial charge on any atom is 0.234 e. The van der Waals surface area contributed by atoms with Gasteiger partial charge in [-0.15, -0.1) is 10.2 Å². The molecule has 3 aromatic rings. The lowest BCUT2D eigenvalue weighted by Crippen LogP contribution is -2.16. The Balaban J connectivity index is 1.57. The van der Waals surface area contributed by atoms with E-state index in [1.54, 1.807) is 0 Å². The van der Waals surface area contributed by atoms with Gasteiger partial charge in [-0.1, -0.05) is 23.9 Å². The van der Waals surface area contributed by atoms with Gasteiger partial charge in [0.1, 0.15) is 12.4 Å². The van der Waals surface area contributed by atoms with Gasteiger partial charge in [0.15, 0.2) is 11.0 Å². The average molecular weight is 522 g/mol. The van der Waals surface area contributed by atoms with E-state index in [0.29, 0.717) is 17.6 Å². The summed E-state index contributed by atoms with van der Waals surface area (Å²) in [6.07, 6.45) is 0. The van der Waals surface area contributed by atoms with Crippen molar-refractivity contribution >= 4 is 45.9 Å². The number of ether oxygens (including phenoxy) is 1. The third-order valence-corrected chi connectivity index (χ3v) is 6.02. The zero-order valence-electron chi connectivity index (χ0n) is 16.8. The largest absolute Gasteiger partial charge is 0.486 e. The van der Waals surface area contributed by atoms with E-state index in [1.807, 2.05) is 56.7 Å². The second kappa shape index (κ2) is 9.62. The number of thioether (sulfide) groups is 1. The lowest BCUT2D eigenvalue weighted by atomic mass is 10.1. The molecule has 1 N–H and O–H groups in total. The predicted octanol–water partition coefficient (Wildman–Crippen LogP) is 4.65. The number of anilines is 1. The highest BCUT2D eigenvalue weighted by Crippen LogP contribution is 2.24. The zero-order chi connectivity index (χ0) is 21.0. The van der Waals surface area contributed by atoms with E-state index in [0.717, 1.165) is 31.7 Å². The fraction of sp³-hybridized carbons (Fsp3) is 0.286. The zero-order valence-corrected chi connectivity index (χ0v) is 19.8. The lowest BCUT2D eigenvalue weighted by Gasteiger charge is -2.12. The van der Waals surface area contributed by atoms with E-state index in [1.165, 1.54) is 11.8 Å². The smallest absolute Gasteiger partial charge is 0.234 e. The molecule has 1 aromatic heterocycles. The molecule has 0 unspecified atom stereocenters. The SMILES string of the molecule is Cc1cccc(OCc2nnc(SCC(=O)Nc3c(C)cc(I)cc3C)n2C)c1. The number of aryl methyl sites for hydroxylation is 3. The van der Waals surface area contributed by atoms with Gasteiger partial charge < -0.3 is 14.6 Å². The Labute approximate surface area is 188 Å². The molecular formula is C21H23IN4O2S. The molecule has 0 atom stereocenters. The third kappa shape index (κ3) is 5.72. The average Bonchev–Trinajstić information content (AvgIpc) is 3.01. The van der Waals surface area contributed by atoms with Crippen LogP contribution >= 0.6 is 34.4 Å². The number of benzene rings is 2. The highest BCUT2D eigenvalue weighted by molar-refractivity contribution is 14.1. The fourth-order valence-electron chi connectivity index (χ4n) is 2.86. The summed E-state index contributed by atoms with van der Waals surface area (Å²) < 4.78 is 8.81. The molecule has 1 amide bonds. The van der Waals surface area contributed by atoms with Gasteiger partial charge in [-0.2, -0.15) is 0 Å². The van der Waals surface area contributed by atoms with Gasteiger partial charge in [0.2, 0.25) is 5.91 Å². The molecule has 0 bridgehead atoms. The van der Waals surface area contributed by atoms with Crippen molar-refractivity contribution < 1.29 is 9.53 Å². The van der Waals surface area contributed by atoms with Crippen LogP contribution in [0.5, 0.6) is 5.75 Å². The van der Waals surface area contributed by atoms with Crippen LogP contribution < -0.4 is 10.1 Å². The minimum absolute atomic E-state index is 0.0667. The van der Waals surface area contributed by atoms with Gasteiger partial charge >= 0.3 is 0 Å². The summed E-state index contributed by atoms with van der Waals surface area (Å²) in [5.74, 6) is 1.70. The highest BCUT2D eigenvalue weighted by Gasteiger charge is 2.14. The van der Waals surface area contributed by atoms with Gasteiger partial charge in [0.25, 0.3) is 0 Å². The Morgan fingerprint density at radius 2 is 1.90 bits per heavy atom. The molecule has 0 saturated heterocycles. The van der Waals surface area contributed by atoms with Crippen LogP contribution in [0.4, 0.5) is 5.69 Å². The molecule has 0 aliphatic heterocycles. The van der Waals surface area contributed by atoms with E-state index in [2.05, 4.69) is 50.2 Å². The van der Waals surface area contributed by atoms with E-state index < -0.39 is 0 Å². The molecule has 0 fully saturated rings. The van der Waals surface area contributed by atoms with Gasteiger partial charge in [0.05, 0.1) is 5.75 Å². The summed E-state index contributed by atoms with van der Waals surface area (Å²) >= 11 is 3.63. The molecule has 3 rings (SSSR count). The quantitative estimate of drug-likeness (QED) is 0.361. The minimum atomic E-state index is -0.0667. The van der Waals surface area contributed by atoms with Crippen molar-refractivity contribution in [1.82, 2.24) is 14.8 Å². The highest BCUT2D eigenvalue weighted by atomic mass is 127. The van der Waals surface area contributed by atoms with E-state index in [9.17, 15) is 4.79 Å². The van der Waals surface area contributed by atoms with E-state index in [-0.39, 0.29) is 11.7 Å². The first kappa shape index (κ1) is 21.6. The van der Waals surface area contributed by atoms with Crippen molar-refractivity contribution in [1.29, 1.82) is 0 Å². The number of hydrogen-bond acceptors (Lipinski definition) is 5. The van der Waals surface area contributed by atoms with Crippen LogP contribution in [-0.4, -0.2) is 26.4 Å². The number of hydrogen-bond donors (Lipinski definition) is 1. The van der Waals surface area contributed by atoms with Crippen LogP contribution in [0.25, 0.3) is 0 Å². The van der Waals surface area contributed by atoms with Crippen molar-refractivity contribution in [2.24, 2.45) is 7.05 Å². The summed E-state index contributed by atoms with van der Waals surface area (Å²) in [6.45, 7) is 6.34. The number of carbonyl (C=O) groups excluding carboxylic acids is 1. The summed E-state index contributed by atoms with van der Waals surface area (Å²) in [5, 5.41) is 12.1. The van der Waals surface area contributed by atoms with E-state index in [4.69, 9.17) is 4.74 Å². The van der Waals surface area contributed by atoms with Crippen LogP contribution in [-0.2, 0) is 18.4 Å². The van der Waals surface area contributed by atoms with E-state index >= 15 is 0 Å². The Kier molecular flexibility index (Phi) is 7.18. The van der Waals surface area contributed by atoms with Crippen molar-refractivity contribution in [2.75, 3.05) is 11.1 Å². The molecule has 0 radical (unpaired) electrons. The molecule has 0 spiro atoms. The standard InChI is InChI=1S/C21H23IN4O2S/c1-13-6-5-7-17(8-13)28-11-18-24-25-21(26(18)4)29-12-19(27)23-20-14(2)9-16(22)10-15(20)3/h5-10H,11-12H2,1-4H3,(H,23,27). The summed E-state index contributed by atoms with van der Waals surface area (Å²) in [7, 11) is 1.88. The van der Waals surface area contributed by atoms with Gasteiger partial charge in [0, 0.05) is 16.3 Å². The van der Waals surface area contributed by atoms with Crippen molar-refractivity contribution in [3.63, 3.8) is 0 Å².